The summed E-state index contributed by atoms with van der Waals surface area (Å²) in [6, 6.07) is 8.32. The Balaban J connectivity index is 1.93. The van der Waals surface area contributed by atoms with Gasteiger partial charge in [0.1, 0.15) is 5.60 Å². The van der Waals surface area contributed by atoms with Crippen molar-refractivity contribution >= 4 is 17.6 Å². The molecule has 0 aromatic heterocycles. The Kier molecular flexibility index (Phi) is 10.0. The van der Waals surface area contributed by atoms with Crippen molar-refractivity contribution in [3.63, 3.8) is 0 Å². The molecule has 33 heavy (non-hydrogen) atoms. The summed E-state index contributed by atoms with van der Waals surface area (Å²) in [5.41, 5.74) is 6.48. The summed E-state index contributed by atoms with van der Waals surface area (Å²) in [6.45, 7) is 10.3. The third kappa shape index (κ3) is 9.26. The minimum absolute atomic E-state index is 0.0862. The van der Waals surface area contributed by atoms with E-state index >= 15 is 0 Å². The number of aryl methyl sites for hydroxylation is 1. The predicted molar refractivity (Wildman–Crippen MR) is 129 cm³/mol. The van der Waals surface area contributed by atoms with E-state index in [2.05, 4.69) is 10.6 Å². The summed E-state index contributed by atoms with van der Waals surface area (Å²) in [4.78, 5) is 38.4. The number of ketones is 1. The highest BCUT2D eigenvalue weighted by atomic mass is 16.6. The Morgan fingerprint density at radius 3 is 2.18 bits per heavy atom. The van der Waals surface area contributed by atoms with E-state index in [4.69, 9.17) is 10.5 Å². The van der Waals surface area contributed by atoms with Gasteiger partial charge in [-0.05, 0) is 50.0 Å². The van der Waals surface area contributed by atoms with Gasteiger partial charge in [0.25, 0.3) is 0 Å². The lowest BCUT2D eigenvalue weighted by Crippen LogP contribution is -2.50. The summed E-state index contributed by atoms with van der Waals surface area (Å²) in [6.07, 6.45) is 2.54. The van der Waals surface area contributed by atoms with Crippen LogP contribution in [0.4, 0.5) is 0 Å². The molecule has 4 N–H and O–H groups in total. The fraction of sp³-hybridized carbons (Fsp3) is 0.654. The quantitative estimate of drug-likeness (QED) is 0.370. The zero-order valence-electron chi connectivity index (χ0n) is 20.7. The summed E-state index contributed by atoms with van der Waals surface area (Å²) in [5, 5.41) is 5.86. The first kappa shape index (κ1) is 27.0. The van der Waals surface area contributed by atoms with E-state index in [1.54, 1.807) is 6.92 Å². The van der Waals surface area contributed by atoms with Crippen LogP contribution in [0.5, 0.6) is 0 Å². The second kappa shape index (κ2) is 12.3. The molecule has 1 fully saturated rings. The van der Waals surface area contributed by atoms with Gasteiger partial charge < -0.3 is 21.1 Å². The molecular formula is C26H41N3O4. The molecule has 1 aliphatic rings. The lowest BCUT2D eigenvalue weighted by atomic mass is 9.93. The number of hydrogen-bond donors (Lipinski definition) is 3. The molecule has 7 nitrogen and oxygen atoms in total. The van der Waals surface area contributed by atoms with Crippen LogP contribution in [0.1, 0.15) is 65.9 Å². The van der Waals surface area contributed by atoms with Gasteiger partial charge in [-0.25, -0.2) is 0 Å². The van der Waals surface area contributed by atoms with Gasteiger partial charge in [0.05, 0.1) is 18.7 Å². The van der Waals surface area contributed by atoms with Gasteiger partial charge in [-0.2, -0.15) is 0 Å². The number of Topliss-reactive ketones (excluding diaryl/α,β-unsaturated/α-hetero) is 1. The molecule has 1 aromatic rings. The summed E-state index contributed by atoms with van der Waals surface area (Å²) < 4.78 is 5.30. The van der Waals surface area contributed by atoms with Crippen molar-refractivity contribution in [2.75, 3.05) is 6.61 Å². The molecule has 1 aromatic carbocycles. The molecule has 2 amide bonds. The third-order valence-electron chi connectivity index (χ3n) is 5.92. The van der Waals surface area contributed by atoms with Crippen molar-refractivity contribution in [3.05, 3.63) is 35.9 Å². The lowest BCUT2D eigenvalue weighted by Gasteiger charge is -2.25. The van der Waals surface area contributed by atoms with E-state index < -0.39 is 17.7 Å². The van der Waals surface area contributed by atoms with Gasteiger partial charge in [-0.1, -0.05) is 58.0 Å². The highest BCUT2D eigenvalue weighted by molar-refractivity contribution is 5.96. The molecule has 2 rings (SSSR count). The van der Waals surface area contributed by atoms with Crippen molar-refractivity contribution in [3.8, 4) is 0 Å². The zero-order valence-corrected chi connectivity index (χ0v) is 20.7. The Bertz CT molecular complexity index is 790. The molecule has 1 heterocycles. The number of ether oxygens (including phenoxy) is 1. The van der Waals surface area contributed by atoms with Crippen molar-refractivity contribution < 1.29 is 19.1 Å². The molecule has 7 heteroatoms. The van der Waals surface area contributed by atoms with Crippen molar-refractivity contribution in [2.45, 2.75) is 90.4 Å². The van der Waals surface area contributed by atoms with Crippen LogP contribution >= 0.6 is 0 Å². The van der Waals surface area contributed by atoms with E-state index in [0.717, 1.165) is 5.56 Å². The maximum atomic E-state index is 12.9. The molecule has 0 radical (unpaired) electrons. The highest BCUT2D eigenvalue weighted by Crippen LogP contribution is 2.29. The Hall–Kier alpha value is -2.25. The van der Waals surface area contributed by atoms with Gasteiger partial charge >= 0.3 is 0 Å². The van der Waals surface area contributed by atoms with E-state index in [1.807, 2.05) is 58.0 Å². The molecule has 4 atom stereocenters. The lowest BCUT2D eigenvalue weighted by molar-refractivity contribution is -0.131. The number of nitrogens with one attached hydrogen (secondary N) is 2. The monoisotopic (exact) mass is 459 g/mol. The first-order chi connectivity index (χ1) is 15.5. The number of epoxide rings is 1. The highest BCUT2D eigenvalue weighted by Gasteiger charge is 2.50. The van der Waals surface area contributed by atoms with E-state index in [0.29, 0.717) is 32.3 Å². The maximum Gasteiger partial charge on any atom is 0.237 e. The van der Waals surface area contributed by atoms with Crippen LogP contribution in [-0.4, -0.2) is 47.9 Å². The van der Waals surface area contributed by atoms with Crippen LogP contribution in [0.25, 0.3) is 0 Å². The van der Waals surface area contributed by atoms with Gasteiger partial charge in [0.15, 0.2) is 5.78 Å². The molecule has 0 aliphatic carbocycles. The predicted octanol–water partition coefficient (Wildman–Crippen LogP) is 2.76. The molecular weight excluding hydrogens is 418 g/mol. The van der Waals surface area contributed by atoms with E-state index in [9.17, 15) is 14.4 Å². The van der Waals surface area contributed by atoms with Crippen LogP contribution in [-0.2, 0) is 25.5 Å². The number of carbonyl (C=O) groups is 3. The van der Waals surface area contributed by atoms with Crippen LogP contribution in [0.15, 0.2) is 30.3 Å². The first-order valence-electron chi connectivity index (χ1n) is 12.1. The van der Waals surface area contributed by atoms with Gasteiger partial charge in [0.2, 0.25) is 11.8 Å². The standard InChI is InChI=1S/C26H41N3O4/c1-17(2)13-20(28-25(32)21(27)12-11-19-9-7-6-8-10-19)15-23(30)29-22(14-18(3)4)24(31)26(5)16-33-26/h6-10,17-18,20-22H,11-16,27H2,1-5H3,(H,28,32)(H,29,30)/t20?,21-,22?,26?/m0/s1. The summed E-state index contributed by atoms with van der Waals surface area (Å²) in [7, 11) is 0. The number of amides is 2. The fourth-order valence-electron chi connectivity index (χ4n) is 3.97. The fourth-order valence-corrected chi connectivity index (χ4v) is 3.97. The van der Waals surface area contributed by atoms with Crippen molar-refractivity contribution in [1.29, 1.82) is 0 Å². The number of rotatable bonds is 14. The largest absolute Gasteiger partial charge is 0.361 e. The summed E-state index contributed by atoms with van der Waals surface area (Å²) in [5.74, 6) is -0.0528. The Morgan fingerprint density at radius 2 is 1.64 bits per heavy atom. The van der Waals surface area contributed by atoms with Crippen molar-refractivity contribution in [1.82, 2.24) is 10.6 Å². The zero-order chi connectivity index (χ0) is 24.6. The molecule has 3 unspecified atom stereocenters. The second-order valence-electron chi connectivity index (χ2n) is 10.3. The van der Waals surface area contributed by atoms with Crippen LogP contribution in [0, 0.1) is 11.8 Å². The Morgan fingerprint density at radius 1 is 1.03 bits per heavy atom. The number of carbonyl (C=O) groups excluding carboxylic acids is 3. The topological polar surface area (TPSA) is 114 Å². The smallest absolute Gasteiger partial charge is 0.237 e. The number of nitrogens with two attached hydrogens (primary N) is 1. The van der Waals surface area contributed by atoms with Crippen molar-refractivity contribution in [2.24, 2.45) is 17.6 Å². The molecule has 0 saturated carbocycles. The van der Waals surface area contributed by atoms with Crippen LogP contribution in [0.3, 0.4) is 0 Å². The first-order valence-corrected chi connectivity index (χ1v) is 12.1. The van der Waals surface area contributed by atoms with Gasteiger partial charge in [0, 0.05) is 12.5 Å². The number of benzene rings is 1. The van der Waals surface area contributed by atoms with Crippen LogP contribution in [0.2, 0.25) is 0 Å². The minimum atomic E-state index is -0.788. The van der Waals surface area contributed by atoms with Crippen LogP contribution < -0.4 is 16.4 Å². The third-order valence-corrected chi connectivity index (χ3v) is 5.92. The summed E-state index contributed by atoms with van der Waals surface area (Å²) >= 11 is 0. The van der Waals surface area contributed by atoms with Gasteiger partial charge in [-0.3, -0.25) is 14.4 Å². The maximum absolute atomic E-state index is 12.9. The SMILES string of the molecule is CC(C)CC(CC(=O)NC(CC(C)C)C(=O)C1(C)CO1)NC(=O)[C@@H](N)CCc1ccccc1. The molecule has 184 valence electrons. The average Bonchev–Trinajstić information content (AvgIpc) is 3.49. The van der Waals surface area contributed by atoms with E-state index in [1.165, 1.54) is 0 Å². The molecule has 1 saturated heterocycles. The molecule has 0 bridgehead atoms. The average molecular weight is 460 g/mol. The normalized spacial score (nSPS) is 20.2. The molecule has 1 aliphatic heterocycles. The van der Waals surface area contributed by atoms with E-state index in [-0.39, 0.29) is 41.9 Å². The second-order valence-corrected chi connectivity index (χ2v) is 10.3. The molecule has 0 spiro atoms. The minimum Gasteiger partial charge on any atom is -0.361 e. The Labute approximate surface area is 198 Å². The van der Waals surface area contributed by atoms with Gasteiger partial charge in [-0.15, -0.1) is 0 Å². The number of hydrogen-bond acceptors (Lipinski definition) is 5.